The fraction of sp³-hybridized carbons (Fsp3) is 0.231. The number of anilines is 1. The van der Waals surface area contributed by atoms with E-state index in [1.807, 2.05) is 13.0 Å². The van der Waals surface area contributed by atoms with Crippen LogP contribution in [0.3, 0.4) is 0 Å². The Morgan fingerprint density at radius 3 is 3.00 bits per heavy atom. The molecule has 0 bridgehead atoms. The van der Waals surface area contributed by atoms with Crippen molar-refractivity contribution in [2.24, 2.45) is 5.73 Å². The molecule has 0 radical (unpaired) electrons. The maximum absolute atomic E-state index is 5.73. The van der Waals surface area contributed by atoms with Crippen molar-refractivity contribution in [3.8, 4) is 0 Å². The fourth-order valence-corrected chi connectivity index (χ4v) is 2.72. The second kappa shape index (κ2) is 5.93. The number of aryl methyl sites for hydroxylation is 1. The number of thiocarbonyl (C=S) groups is 1. The topological polar surface area (TPSA) is 50.9 Å². The smallest absolute Gasteiger partial charge is 0.136 e. The zero-order valence-electron chi connectivity index (χ0n) is 10.1. The molecule has 0 aliphatic rings. The molecule has 2 heterocycles. The lowest BCUT2D eigenvalue weighted by Crippen LogP contribution is -2.17. The first kappa shape index (κ1) is 13.0. The minimum Gasteiger partial charge on any atom is -0.389 e. The van der Waals surface area contributed by atoms with Gasteiger partial charge in [-0.05, 0) is 47.4 Å². The highest BCUT2D eigenvalue weighted by atomic mass is 32.1. The van der Waals surface area contributed by atoms with Crippen LogP contribution in [0.4, 0.5) is 5.82 Å². The van der Waals surface area contributed by atoms with Crippen LogP contribution in [-0.4, -0.2) is 16.5 Å². The number of hydrogen-bond acceptors (Lipinski definition) is 4. The molecule has 0 aliphatic carbocycles. The van der Waals surface area contributed by atoms with Gasteiger partial charge in [0.2, 0.25) is 0 Å². The number of nitrogens with two attached hydrogens (primary N) is 1. The van der Waals surface area contributed by atoms with Gasteiger partial charge in [-0.15, -0.1) is 0 Å². The van der Waals surface area contributed by atoms with Gasteiger partial charge in [-0.3, -0.25) is 0 Å². The molecule has 0 aliphatic heterocycles. The van der Waals surface area contributed by atoms with Crippen molar-refractivity contribution in [3.63, 3.8) is 0 Å². The van der Waals surface area contributed by atoms with E-state index >= 15 is 0 Å². The minimum atomic E-state index is 0.388. The molecule has 0 atom stereocenters. The highest BCUT2D eigenvalue weighted by Crippen LogP contribution is 2.16. The van der Waals surface area contributed by atoms with Crippen molar-refractivity contribution in [1.82, 2.24) is 4.98 Å². The maximum Gasteiger partial charge on any atom is 0.136 e. The molecule has 0 fully saturated rings. The van der Waals surface area contributed by atoms with Crippen LogP contribution in [0.2, 0.25) is 0 Å². The molecule has 2 aromatic rings. The molecule has 3 N–H and O–H groups in total. The lowest BCUT2D eigenvalue weighted by Gasteiger charge is -2.11. The standard InChI is InChI=1S/C13H15N3S2/c1-9-2-5-15-13(11(9)12(14)17)16-6-3-10-4-7-18-8-10/h2,4-5,7-8H,3,6H2,1H3,(H2,14,17)(H,15,16). The molecule has 2 rings (SSSR count). The van der Waals surface area contributed by atoms with Crippen molar-refractivity contribution in [2.75, 3.05) is 11.9 Å². The zero-order chi connectivity index (χ0) is 13.0. The Morgan fingerprint density at radius 2 is 2.33 bits per heavy atom. The van der Waals surface area contributed by atoms with Crippen molar-refractivity contribution >= 4 is 34.4 Å². The van der Waals surface area contributed by atoms with E-state index < -0.39 is 0 Å². The molecule has 0 amide bonds. The van der Waals surface area contributed by atoms with Gasteiger partial charge in [0.05, 0.1) is 5.56 Å². The Kier molecular flexibility index (Phi) is 4.28. The van der Waals surface area contributed by atoms with Gasteiger partial charge in [0.25, 0.3) is 0 Å². The summed E-state index contributed by atoms with van der Waals surface area (Å²) in [5, 5.41) is 7.54. The molecule has 3 nitrogen and oxygen atoms in total. The van der Waals surface area contributed by atoms with Gasteiger partial charge in [-0.25, -0.2) is 4.98 Å². The summed E-state index contributed by atoms with van der Waals surface area (Å²) >= 11 is 6.78. The van der Waals surface area contributed by atoms with E-state index in [4.69, 9.17) is 18.0 Å². The Hall–Kier alpha value is -1.46. The van der Waals surface area contributed by atoms with Crippen molar-refractivity contribution < 1.29 is 0 Å². The lowest BCUT2D eigenvalue weighted by atomic mass is 10.1. The summed E-state index contributed by atoms with van der Waals surface area (Å²) in [5.41, 5.74) is 8.96. The molecule has 0 aromatic carbocycles. The first-order valence-electron chi connectivity index (χ1n) is 5.69. The third kappa shape index (κ3) is 3.05. The van der Waals surface area contributed by atoms with E-state index in [-0.39, 0.29) is 0 Å². The Bertz CT molecular complexity index is 535. The summed E-state index contributed by atoms with van der Waals surface area (Å²) in [6.45, 7) is 2.81. The fourth-order valence-electron chi connectivity index (χ4n) is 1.76. The first-order valence-corrected chi connectivity index (χ1v) is 7.04. The number of aromatic nitrogens is 1. The molecule has 0 saturated carbocycles. The number of rotatable bonds is 5. The maximum atomic E-state index is 5.73. The molecule has 0 unspecified atom stereocenters. The van der Waals surface area contributed by atoms with Crippen molar-refractivity contribution in [3.05, 3.63) is 45.8 Å². The van der Waals surface area contributed by atoms with Crippen LogP contribution in [0.25, 0.3) is 0 Å². The predicted octanol–water partition coefficient (Wildman–Crippen LogP) is 2.74. The van der Waals surface area contributed by atoms with E-state index in [0.717, 1.165) is 29.9 Å². The highest BCUT2D eigenvalue weighted by Gasteiger charge is 2.09. The van der Waals surface area contributed by atoms with Crippen LogP contribution in [0.5, 0.6) is 0 Å². The number of nitrogens with one attached hydrogen (secondary N) is 1. The normalized spacial score (nSPS) is 10.3. The third-order valence-corrected chi connectivity index (χ3v) is 3.63. The Morgan fingerprint density at radius 1 is 1.50 bits per heavy atom. The molecular formula is C13H15N3S2. The first-order chi connectivity index (χ1) is 8.68. The van der Waals surface area contributed by atoms with Crippen LogP contribution in [0, 0.1) is 6.92 Å². The van der Waals surface area contributed by atoms with Gasteiger partial charge < -0.3 is 11.1 Å². The summed E-state index contributed by atoms with van der Waals surface area (Å²) in [7, 11) is 0. The van der Waals surface area contributed by atoms with E-state index in [2.05, 4.69) is 27.1 Å². The molecule has 18 heavy (non-hydrogen) atoms. The average molecular weight is 277 g/mol. The summed E-state index contributed by atoms with van der Waals surface area (Å²) in [6.07, 6.45) is 2.74. The average Bonchev–Trinajstić information content (AvgIpc) is 2.81. The van der Waals surface area contributed by atoms with E-state index in [1.165, 1.54) is 5.56 Å². The summed E-state index contributed by atoms with van der Waals surface area (Å²) < 4.78 is 0. The lowest BCUT2D eigenvalue weighted by molar-refractivity contribution is 1.01. The molecular weight excluding hydrogens is 262 g/mol. The number of thiophene rings is 1. The molecule has 2 aromatic heterocycles. The summed E-state index contributed by atoms with van der Waals surface area (Å²) in [6, 6.07) is 4.04. The van der Waals surface area contributed by atoms with Gasteiger partial charge >= 0.3 is 0 Å². The molecule has 94 valence electrons. The van der Waals surface area contributed by atoms with E-state index in [1.54, 1.807) is 17.5 Å². The van der Waals surface area contributed by atoms with Crippen molar-refractivity contribution in [1.29, 1.82) is 0 Å². The zero-order valence-corrected chi connectivity index (χ0v) is 11.8. The van der Waals surface area contributed by atoms with E-state index in [9.17, 15) is 0 Å². The molecule has 0 saturated heterocycles. The SMILES string of the molecule is Cc1ccnc(NCCc2ccsc2)c1C(N)=S. The highest BCUT2D eigenvalue weighted by molar-refractivity contribution is 7.80. The summed E-state index contributed by atoms with van der Waals surface area (Å²) in [4.78, 5) is 4.69. The largest absolute Gasteiger partial charge is 0.389 e. The summed E-state index contributed by atoms with van der Waals surface area (Å²) in [5.74, 6) is 0.776. The molecule has 0 spiro atoms. The monoisotopic (exact) mass is 277 g/mol. The molecule has 5 heteroatoms. The second-order valence-electron chi connectivity index (χ2n) is 4.02. The predicted molar refractivity (Wildman–Crippen MR) is 81.4 cm³/mol. The van der Waals surface area contributed by atoms with Crippen LogP contribution in [0.1, 0.15) is 16.7 Å². The number of pyridine rings is 1. The minimum absolute atomic E-state index is 0.388. The second-order valence-corrected chi connectivity index (χ2v) is 5.24. The quantitative estimate of drug-likeness (QED) is 0.825. The Labute approximate surface area is 116 Å². The van der Waals surface area contributed by atoms with Gasteiger partial charge in [0, 0.05) is 12.7 Å². The van der Waals surface area contributed by atoms with Crippen LogP contribution < -0.4 is 11.1 Å². The van der Waals surface area contributed by atoms with Crippen molar-refractivity contribution in [2.45, 2.75) is 13.3 Å². The third-order valence-electron chi connectivity index (χ3n) is 2.69. The van der Waals surface area contributed by atoms with E-state index in [0.29, 0.717) is 4.99 Å². The number of hydrogen-bond donors (Lipinski definition) is 2. The van der Waals surface area contributed by atoms with Crippen LogP contribution in [0.15, 0.2) is 29.1 Å². The number of nitrogens with zero attached hydrogens (tertiary/aromatic N) is 1. The Balaban J connectivity index is 2.05. The van der Waals surface area contributed by atoms with Crippen LogP contribution in [-0.2, 0) is 6.42 Å². The van der Waals surface area contributed by atoms with Gasteiger partial charge in [0.1, 0.15) is 10.8 Å². The van der Waals surface area contributed by atoms with Gasteiger partial charge in [0.15, 0.2) is 0 Å². The van der Waals surface area contributed by atoms with Crippen LogP contribution >= 0.6 is 23.6 Å². The van der Waals surface area contributed by atoms with Gasteiger partial charge in [-0.2, -0.15) is 11.3 Å². The van der Waals surface area contributed by atoms with Gasteiger partial charge in [-0.1, -0.05) is 12.2 Å².